The van der Waals surface area contributed by atoms with Gasteiger partial charge in [-0.25, -0.2) is 4.79 Å². The van der Waals surface area contributed by atoms with E-state index in [2.05, 4.69) is 16.9 Å². The molecule has 1 aromatic carbocycles. The summed E-state index contributed by atoms with van der Waals surface area (Å²) in [5.74, 6) is 0.349. The fourth-order valence-electron chi connectivity index (χ4n) is 2.92. The third kappa shape index (κ3) is 3.75. The number of imidazole rings is 1. The minimum atomic E-state index is -0.879. The van der Waals surface area contributed by atoms with Gasteiger partial charge in [-0.3, -0.25) is 13.9 Å². The maximum absolute atomic E-state index is 12.8. The van der Waals surface area contributed by atoms with Crippen LogP contribution in [0.4, 0.5) is 11.6 Å². The van der Waals surface area contributed by atoms with E-state index in [4.69, 9.17) is 4.74 Å². The molecule has 0 bridgehead atoms. The maximum atomic E-state index is 12.8. The standard InChI is InChI=1S/C19H23N5O4/c1-4-10-28-12-14(25)11-24-15-16(22(2)19(27)23(3)17(15)26)21-18(24)20-13-8-6-5-7-9-13/h4-9,14,25H,1,10-12H2,2-3H3,(H,20,21)/t14-/m0/s1. The maximum Gasteiger partial charge on any atom is 0.332 e. The summed E-state index contributed by atoms with van der Waals surface area (Å²) in [4.78, 5) is 29.5. The predicted molar refractivity (Wildman–Crippen MR) is 107 cm³/mol. The molecule has 2 N–H and O–H groups in total. The molecule has 0 amide bonds. The van der Waals surface area contributed by atoms with Crippen LogP contribution in [0.2, 0.25) is 0 Å². The van der Waals surface area contributed by atoms with E-state index >= 15 is 0 Å². The van der Waals surface area contributed by atoms with Crippen molar-refractivity contribution in [3.05, 3.63) is 63.8 Å². The number of aliphatic hydroxyl groups is 1. The smallest absolute Gasteiger partial charge is 0.332 e. The molecule has 0 saturated heterocycles. The van der Waals surface area contributed by atoms with Gasteiger partial charge >= 0.3 is 5.69 Å². The number of hydrogen-bond donors (Lipinski definition) is 2. The first-order valence-corrected chi connectivity index (χ1v) is 8.79. The van der Waals surface area contributed by atoms with E-state index in [0.717, 1.165) is 10.3 Å². The number of aryl methyl sites for hydroxylation is 1. The summed E-state index contributed by atoms with van der Waals surface area (Å²) in [6, 6.07) is 9.31. The highest BCUT2D eigenvalue weighted by atomic mass is 16.5. The SMILES string of the molecule is C=CCOC[C@@H](O)Cn1c(Nc2ccccc2)nc2c1c(=O)n(C)c(=O)n2C. The highest BCUT2D eigenvalue weighted by molar-refractivity contribution is 5.75. The minimum absolute atomic E-state index is 0.0657. The zero-order chi connectivity index (χ0) is 20.3. The van der Waals surface area contributed by atoms with Gasteiger partial charge in [0.1, 0.15) is 0 Å². The molecule has 0 aliphatic heterocycles. The first-order chi connectivity index (χ1) is 13.4. The van der Waals surface area contributed by atoms with Crippen LogP contribution in [-0.4, -0.2) is 43.1 Å². The normalized spacial score (nSPS) is 12.2. The van der Waals surface area contributed by atoms with Crippen molar-refractivity contribution in [2.45, 2.75) is 12.6 Å². The number of benzene rings is 1. The zero-order valence-electron chi connectivity index (χ0n) is 15.8. The molecule has 3 rings (SSSR count). The van der Waals surface area contributed by atoms with Gasteiger partial charge in [0.15, 0.2) is 11.2 Å². The Bertz CT molecular complexity index is 1100. The molecule has 2 aromatic heterocycles. The number of anilines is 2. The number of nitrogens with one attached hydrogen (secondary N) is 1. The number of rotatable bonds is 8. The molecule has 0 unspecified atom stereocenters. The molecule has 0 aliphatic rings. The second kappa shape index (κ2) is 8.24. The predicted octanol–water partition coefficient (Wildman–Crippen LogP) is 0.741. The van der Waals surface area contributed by atoms with Gasteiger partial charge in [0.25, 0.3) is 5.56 Å². The fraction of sp³-hybridized carbons (Fsp3) is 0.316. The van der Waals surface area contributed by atoms with Crippen molar-refractivity contribution >= 4 is 22.8 Å². The molecule has 0 spiro atoms. The number of hydrogen-bond acceptors (Lipinski definition) is 6. The molecule has 9 nitrogen and oxygen atoms in total. The molecule has 28 heavy (non-hydrogen) atoms. The van der Waals surface area contributed by atoms with Gasteiger partial charge in [0, 0.05) is 19.8 Å². The summed E-state index contributed by atoms with van der Waals surface area (Å²) in [6.07, 6.45) is 0.711. The molecular formula is C19H23N5O4. The Hall–Kier alpha value is -3.17. The van der Waals surface area contributed by atoms with Gasteiger partial charge in [-0.1, -0.05) is 24.3 Å². The summed E-state index contributed by atoms with van der Waals surface area (Å²) in [7, 11) is 2.97. The molecule has 148 valence electrons. The first-order valence-electron chi connectivity index (χ1n) is 8.79. The molecule has 0 fully saturated rings. The Kier molecular flexibility index (Phi) is 5.76. The van der Waals surface area contributed by atoms with E-state index in [1.807, 2.05) is 30.3 Å². The minimum Gasteiger partial charge on any atom is -0.389 e. The fourth-order valence-corrected chi connectivity index (χ4v) is 2.92. The summed E-state index contributed by atoms with van der Waals surface area (Å²) in [5.41, 5.74) is 0.281. The number of aromatic nitrogens is 4. The van der Waals surface area contributed by atoms with Gasteiger partial charge in [-0.05, 0) is 12.1 Å². The van der Waals surface area contributed by atoms with Crippen LogP contribution in [0.3, 0.4) is 0 Å². The van der Waals surface area contributed by atoms with E-state index in [1.165, 1.54) is 11.6 Å². The van der Waals surface area contributed by atoms with Gasteiger partial charge in [0.2, 0.25) is 5.95 Å². The highest BCUT2D eigenvalue weighted by Crippen LogP contribution is 2.20. The van der Waals surface area contributed by atoms with Crippen LogP contribution < -0.4 is 16.6 Å². The van der Waals surface area contributed by atoms with Gasteiger partial charge in [-0.2, -0.15) is 4.98 Å². The van der Waals surface area contributed by atoms with Crippen molar-refractivity contribution in [3.63, 3.8) is 0 Å². The monoisotopic (exact) mass is 385 g/mol. The van der Waals surface area contributed by atoms with Crippen molar-refractivity contribution in [2.24, 2.45) is 14.1 Å². The van der Waals surface area contributed by atoms with Crippen LogP contribution >= 0.6 is 0 Å². The number of fused-ring (bicyclic) bond motifs is 1. The lowest BCUT2D eigenvalue weighted by molar-refractivity contribution is 0.0405. The third-order valence-corrected chi connectivity index (χ3v) is 4.32. The molecule has 1 atom stereocenters. The van der Waals surface area contributed by atoms with E-state index in [0.29, 0.717) is 12.6 Å². The van der Waals surface area contributed by atoms with Crippen LogP contribution in [0, 0.1) is 0 Å². The molecular weight excluding hydrogens is 362 g/mol. The summed E-state index contributed by atoms with van der Waals surface area (Å²) in [5, 5.41) is 13.5. The van der Waals surface area contributed by atoms with Crippen molar-refractivity contribution in [1.29, 1.82) is 0 Å². The Morgan fingerprint density at radius 3 is 2.64 bits per heavy atom. The van der Waals surface area contributed by atoms with Crippen LogP contribution in [0.5, 0.6) is 0 Å². The Balaban J connectivity index is 2.11. The quantitative estimate of drug-likeness (QED) is 0.438. The van der Waals surface area contributed by atoms with E-state index in [9.17, 15) is 14.7 Å². The number of nitrogens with zero attached hydrogens (tertiary/aromatic N) is 4. The Morgan fingerprint density at radius 2 is 1.96 bits per heavy atom. The van der Waals surface area contributed by atoms with Crippen LogP contribution in [0.1, 0.15) is 0 Å². The molecule has 3 aromatic rings. The third-order valence-electron chi connectivity index (χ3n) is 4.32. The summed E-state index contributed by atoms with van der Waals surface area (Å²) >= 11 is 0. The Labute approximate surface area is 161 Å². The second-order valence-electron chi connectivity index (χ2n) is 6.39. The van der Waals surface area contributed by atoms with Crippen molar-refractivity contribution in [1.82, 2.24) is 18.7 Å². The molecule has 0 saturated carbocycles. The van der Waals surface area contributed by atoms with Crippen molar-refractivity contribution in [2.75, 3.05) is 18.5 Å². The molecule has 0 aliphatic carbocycles. The lowest BCUT2D eigenvalue weighted by atomic mass is 10.3. The molecule has 0 radical (unpaired) electrons. The van der Waals surface area contributed by atoms with Crippen LogP contribution in [0.25, 0.3) is 11.2 Å². The topological polar surface area (TPSA) is 103 Å². The Morgan fingerprint density at radius 1 is 1.25 bits per heavy atom. The first kappa shape index (κ1) is 19.6. The van der Waals surface area contributed by atoms with E-state index < -0.39 is 17.4 Å². The zero-order valence-corrected chi connectivity index (χ0v) is 15.8. The van der Waals surface area contributed by atoms with E-state index in [1.54, 1.807) is 17.7 Å². The van der Waals surface area contributed by atoms with Crippen LogP contribution in [0.15, 0.2) is 52.6 Å². The largest absolute Gasteiger partial charge is 0.389 e. The second-order valence-corrected chi connectivity index (χ2v) is 6.39. The van der Waals surface area contributed by atoms with E-state index in [-0.39, 0.29) is 24.3 Å². The van der Waals surface area contributed by atoms with Crippen molar-refractivity contribution < 1.29 is 9.84 Å². The average Bonchev–Trinajstić information content (AvgIpc) is 3.03. The van der Waals surface area contributed by atoms with Crippen LogP contribution in [-0.2, 0) is 25.4 Å². The summed E-state index contributed by atoms with van der Waals surface area (Å²) in [6.45, 7) is 4.02. The summed E-state index contributed by atoms with van der Waals surface area (Å²) < 4.78 is 9.21. The number of aliphatic hydroxyl groups excluding tert-OH is 1. The highest BCUT2D eigenvalue weighted by Gasteiger charge is 2.21. The molecule has 2 heterocycles. The average molecular weight is 385 g/mol. The lowest BCUT2D eigenvalue weighted by Crippen LogP contribution is -2.38. The van der Waals surface area contributed by atoms with Gasteiger partial charge < -0.3 is 19.7 Å². The van der Waals surface area contributed by atoms with Gasteiger partial charge in [0.05, 0.1) is 25.9 Å². The van der Waals surface area contributed by atoms with Gasteiger partial charge in [-0.15, -0.1) is 6.58 Å². The van der Waals surface area contributed by atoms with Crippen molar-refractivity contribution in [3.8, 4) is 0 Å². The molecule has 9 heteroatoms. The lowest BCUT2D eigenvalue weighted by Gasteiger charge is -2.15. The number of ether oxygens (including phenoxy) is 1. The number of para-hydroxylation sites is 1.